The maximum Gasteiger partial charge on any atom is 0.190 e. The van der Waals surface area contributed by atoms with Crippen LogP contribution >= 0.6 is 11.3 Å². The third-order valence-corrected chi connectivity index (χ3v) is 4.04. The Labute approximate surface area is 104 Å². The molecule has 1 N–H and O–H groups in total. The number of aromatic nitrogens is 1. The lowest BCUT2D eigenvalue weighted by Gasteiger charge is -2.28. The molecule has 0 fully saturated rings. The molecule has 1 aromatic carbocycles. The number of anilines is 2. The smallest absolute Gasteiger partial charge is 0.190 e. The first-order valence-electron chi connectivity index (χ1n) is 5.79. The summed E-state index contributed by atoms with van der Waals surface area (Å²) in [5.41, 5.74) is 2.65. The van der Waals surface area contributed by atoms with Gasteiger partial charge < -0.3 is 10.0 Å². The fourth-order valence-electron chi connectivity index (χ4n) is 2.23. The molecule has 2 heterocycles. The predicted octanol–water partition coefficient (Wildman–Crippen LogP) is 2.72. The van der Waals surface area contributed by atoms with Crippen LogP contribution < -0.4 is 4.90 Å². The van der Waals surface area contributed by atoms with E-state index in [1.54, 1.807) is 17.5 Å². The van der Waals surface area contributed by atoms with Gasteiger partial charge in [0, 0.05) is 18.4 Å². The van der Waals surface area contributed by atoms with E-state index in [1.165, 1.54) is 11.3 Å². The van der Waals surface area contributed by atoms with Gasteiger partial charge >= 0.3 is 0 Å². The van der Waals surface area contributed by atoms with Gasteiger partial charge in [-0.3, -0.25) is 0 Å². The summed E-state index contributed by atoms with van der Waals surface area (Å²) in [4.78, 5) is 7.57. The Kier molecular flexibility index (Phi) is 2.82. The van der Waals surface area contributed by atoms with Crippen LogP contribution in [0.3, 0.4) is 0 Å². The minimum absolute atomic E-state index is 0.0765. The molecule has 3 rings (SSSR count). The highest BCUT2D eigenvalue weighted by Gasteiger charge is 2.19. The molecule has 88 valence electrons. The van der Waals surface area contributed by atoms with Crippen molar-refractivity contribution in [2.24, 2.45) is 0 Å². The largest absolute Gasteiger partial charge is 0.391 e. The van der Waals surface area contributed by atoms with Crippen molar-refractivity contribution >= 4 is 22.2 Å². The van der Waals surface area contributed by atoms with Crippen LogP contribution in [-0.2, 0) is 13.0 Å². The molecule has 3 nitrogen and oxygen atoms in total. The van der Waals surface area contributed by atoms with E-state index in [0.717, 1.165) is 29.4 Å². The molecule has 0 amide bonds. The van der Waals surface area contributed by atoms with Crippen LogP contribution in [0.15, 0.2) is 30.5 Å². The Morgan fingerprint density at radius 3 is 3.06 bits per heavy atom. The molecule has 17 heavy (non-hydrogen) atoms. The number of rotatable bonds is 2. The van der Waals surface area contributed by atoms with Crippen molar-refractivity contribution in [3.8, 4) is 0 Å². The number of aliphatic hydroxyl groups excluding tert-OH is 1. The highest BCUT2D eigenvalue weighted by molar-refractivity contribution is 7.15. The average Bonchev–Trinajstić information content (AvgIpc) is 2.87. The van der Waals surface area contributed by atoms with E-state index in [2.05, 4.69) is 34.1 Å². The van der Waals surface area contributed by atoms with Crippen LogP contribution in [-0.4, -0.2) is 16.6 Å². The predicted molar refractivity (Wildman–Crippen MR) is 69.8 cm³/mol. The Morgan fingerprint density at radius 1 is 1.35 bits per heavy atom. The van der Waals surface area contributed by atoms with E-state index in [4.69, 9.17) is 5.11 Å². The molecule has 2 aromatic rings. The van der Waals surface area contributed by atoms with Crippen LogP contribution in [0.1, 0.15) is 16.9 Å². The van der Waals surface area contributed by atoms with Crippen molar-refractivity contribution in [2.75, 3.05) is 11.4 Å². The van der Waals surface area contributed by atoms with E-state index < -0.39 is 0 Å². The lowest BCUT2D eigenvalue weighted by Crippen LogP contribution is -2.24. The summed E-state index contributed by atoms with van der Waals surface area (Å²) in [6.45, 7) is 1.09. The first-order valence-corrected chi connectivity index (χ1v) is 6.61. The van der Waals surface area contributed by atoms with Gasteiger partial charge in [-0.15, -0.1) is 0 Å². The summed E-state index contributed by atoms with van der Waals surface area (Å²) in [6.07, 6.45) is 4.06. The zero-order chi connectivity index (χ0) is 11.7. The van der Waals surface area contributed by atoms with E-state index in [0.29, 0.717) is 0 Å². The van der Waals surface area contributed by atoms with Crippen LogP contribution in [0.4, 0.5) is 10.8 Å². The molecule has 4 heteroatoms. The summed E-state index contributed by atoms with van der Waals surface area (Å²) in [7, 11) is 0. The monoisotopic (exact) mass is 246 g/mol. The van der Waals surface area contributed by atoms with Crippen LogP contribution in [0.25, 0.3) is 0 Å². The van der Waals surface area contributed by atoms with E-state index in [-0.39, 0.29) is 6.61 Å². The minimum atomic E-state index is 0.0765. The number of nitrogens with zero attached hydrogens (tertiary/aromatic N) is 2. The third-order valence-electron chi connectivity index (χ3n) is 3.04. The summed E-state index contributed by atoms with van der Waals surface area (Å²) < 4.78 is 0. The molecule has 0 saturated carbocycles. The Hall–Kier alpha value is -1.39. The number of para-hydroxylation sites is 1. The first-order chi connectivity index (χ1) is 8.38. The highest BCUT2D eigenvalue weighted by atomic mass is 32.1. The zero-order valence-electron chi connectivity index (χ0n) is 9.47. The summed E-state index contributed by atoms with van der Waals surface area (Å²) >= 11 is 1.57. The summed E-state index contributed by atoms with van der Waals surface area (Å²) in [6, 6.07) is 8.48. The Balaban J connectivity index is 1.99. The molecule has 1 aliphatic heterocycles. The third kappa shape index (κ3) is 1.94. The Bertz CT molecular complexity index is 524. The number of benzene rings is 1. The molecule has 0 aliphatic carbocycles. The number of thiazole rings is 1. The number of fused-ring (bicyclic) bond motifs is 1. The van der Waals surface area contributed by atoms with Crippen LogP contribution in [0.2, 0.25) is 0 Å². The fourth-order valence-corrected chi connectivity index (χ4v) is 3.04. The molecule has 0 radical (unpaired) electrons. The van der Waals surface area contributed by atoms with Gasteiger partial charge in [-0.25, -0.2) is 4.98 Å². The normalized spacial score (nSPS) is 14.8. The van der Waals surface area contributed by atoms with Gasteiger partial charge in [0.2, 0.25) is 0 Å². The Morgan fingerprint density at radius 2 is 2.24 bits per heavy atom. The van der Waals surface area contributed by atoms with Crippen molar-refractivity contribution in [1.29, 1.82) is 0 Å². The first kappa shape index (κ1) is 10.7. The number of hydrogen-bond acceptors (Lipinski definition) is 4. The van der Waals surface area contributed by atoms with Crippen molar-refractivity contribution in [3.63, 3.8) is 0 Å². The van der Waals surface area contributed by atoms with Gasteiger partial charge in [0.15, 0.2) is 5.13 Å². The van der Waals surface area contributed by atoms with Gasteiger partial charge in [-0.2, -0.15) is 0 Å². The lowest BCUT2D eigenvalue weighted by atomic mass is 10.0. The second-order valence-electron chi connectivity index (χ2n) is 4.15. The van der Waals surface area contributed by atoms with Crippen molar-refractivity contribution in [1.82, 2.24) is 4.98 Å². The quantitative estimate of drug-likeness (QED) is 0.885. The molecular formula is C13H14N2OS. The lowest BCUT2D eigenvalue weighted by molar-refractivity contribution is 0.285. The van der Waals surface area contributed by atoms with E-state index in [9.17, 15) is 0 Å². The standard InChI is InChI=1S/C13H14N2OS/c16-9-11-8-14-13(17-11)15-7-3-5-10-4-1-2-6-12(10)15/h1-2,4,6,8,16H,3,5,7,9H2. The molecule has 0 bridgehead atoms. The fraction of sp³-hybridized carbons (Fsp3) is 0.308. The van der Waals surface area contributed by atoms with Crippen molar-refractivity contribution in [2.45, 2.75) is 19.4 Å². The van der Waals surface area contributed by atoms with Crippen molar-refractivity contribution < 1.29 is 5.11 Å². The zero-order valence-corrected chi connectivity index (χ0v) is 10.3. The average molecular weight is 246 g/mol. The minimum Gasteiger partial charge on any atom is -0.391 e. The molecular weight excluding hydrogens is 232 g/mol. The summed E-state index contributed by atoms with van der Waals surface area (Å²) in [5.74, 6) is 0. The topological polar surface area (TPSA) is 36.4 Å². The van der Waals surface area contributed by atoms with E-state index in [1.807, 2.05) is 0 Å². The van der Waals surface area contributed by atoms with Crippen molar-refractivity contribution in [3.05, 3.63) is 40.9 Å². The maximum atomic E-state index is 9.10. The van der Waals surface area contributed by atoms with E-state index >= 15 is 0 Å². The molecule has 0 atom stereocenters. The molecule has 0 saturated heterocycles. The molecule has 0 spiro atoms. The highest BCUT2D eigenvalue weighted by Crippen LogP contribution is 2.35. The van der Waals surface area contributed by atoms with Gasteiger partial charge in [-0.1, -0.05) is 29.5 Å². The van der Waals surface area contributed by atoms with Crippen LogP contribution in [0.5, 0.6) is 0 Å². The van der Waals surface area contributed by atoms with Gasteiger partial charge in [-0.05, 0) is 24.5 Å². The second-order valence-corrected chi connectivity index (χ2v) is 5.24. The molecule has 1 aliphatic rings. The van der Waals surface area contributed by atoms with Crippen LogP contribution in [0, 0.1) is 0 Å². The molecule has 1 aromatic heterocycles. The van der Waals surface area contributed by atoms with Gasteiger partial charge in [0.1, 0.15) is 0 Å². The molecule has 0 unspecified atom stereocenters. The second kappa shape index (κ2) is 4.47. The number of aryl methyl sites for hydroxylation is 1. The number of aliphatic hydroxyl groups is 1. The summed E-state index contributed by atoms with van der Waals surface area (Å²) in [5, 5.41) is 10.1. The number of hydrogen-bond donors (Lipinski definition) is 1. The maximum absolute atomic E-state index is 9.10. The van der Waals surface area contributed by atoms with Gasteiger partial charge in [0.05, 0.1) is 11.5 Å². The van der Waals surface area contributed by atoms with Gasteiger partial charge in [0.25, 0.3) is 0 Å². The SMILES string of the molecule is OCc1cnc(N2CCCc3ccccc32)s1.